The first kappa shape index (κ1) is 8.64. The maximum absolute atomic E-state index is 12.5. The van der Waals surface area contributed by atoms with E-state index < -0.39 is 5.82 Å². The predicted octanol–water partition coefficient (Wildman–Crippen LogP) is 0.970. The SMILES string of the molecule is CCNC(=O)c1cncc(F)c1. The molecule has 0 saturated carbocycles. The van der Waals surface area contributed by atoms with Gasteiger partial charge in [-0.15, -0.1) is 0 Å². The van der Waals surface area contributed by atoms with Gasteiger partial charge in [-0.2, -0.15) is 0 Å². The number of nitrogens with zero attached hydrogens (tertiary/aromatic N) is 1. The van der Waals surface area contributed by atoms with E-state index >= 15 is 0 Å². The molecule has 0 fully saturated rings. The van der Waals surface area contributed by atoms with Crippen LogP contribution in [0.1, 0.15) is 17.3 Å². The fraction of sp³-hybridized carbons (Fsp3) is 0.250. The summed E-state index contributed by atoms with van der Waals surface area (Å²) in [4.78, 5) is 14.6. The average molecular weight is 168 g/mol. The number of halogens is 1. The standard InChI is InChI=1S/C8H9FN2O/c1-2-11-8(12)6-3-7(9)5-10-4-6/h3-5H,2H2,1H3,(H,11,12). The minimum absolute atomic E-state index is 0.247. The van der Waals surface area contributed by atoms with Crippen LogP contribution in [0.15, 0.2) is 18.5 Å². The Bertz CT molecular complexity index is 288. The number of aromatic nitrogens is 1. The summed E-state index contributed by atoms with van der Waals surface area (Å²) in [7, 11) is 0. The van der Waals surface area contributed by atoms with Crippen molar-refractivity contribution >= 4 is 5.91 Å². The first-order valence-electron chi connectivity index (χ1n) is 3.62. The minimum Gasteiger partial charge on any atom is -0.352 e. The molecule has 12 heavy (non-hydrogen) atoms. The minimum atomic E-state index is -0.501. The second kappa shape index (κ2) is 3.80. The lowest BCUT2D eigenvalue weighted by Gasteiger charge is -2.00. The zero-order valence-corrected chi connectivity index (χ0v) is 6.67. The molecule has 0 aliphatic rings. The molecule has 1 aromatic rings. The third kappa shape index (κ3) is 2.02. The quantitative estimate of drug-likeness (QED) is 0.714. The van der Waals surface area contributed by atoms with Gasteiger partial charge < -0.3 is 5.32 Å². The van der Waals surface area contributed by atoms with Crippen LogP contribution in [0.25, 0.3) is 0 Å². The third-order valence-corrected chi connectivity index (χ3v) is 1.30. The molecule has 0 saturated heterocycles. The Morgan fingerprint density at radius 3 is 3.00 bits per heavy atom. The molecule has 1 rings (SSSR count). The summed E-state index contributed by atoms with van der Waals surface area (Å²) >= 11 is 0. The van der Waals surface area contributed by atoms with Gasteiger partial charge in [0.2, 0.25) is 0 Å². The van der Waals surface area contributed by atoms with Gasteiger partial charge in [0.15, 0.2) is 0 Å². The maximum Gasteiger partial charge on any atom is 0.252 e. The molecule has 1 aromatic heterocycles. The highest BCUT2D eigenvalue weighted by molar-refractivity contribution is 5.93. The molecule has 1 amide bonds. The molecule has 64 valence electrons. The second-order valence-electron chi connectivity index (χ2n) is 2.25. The van der Waals surface area contributed by atoms with Crippen LogP contribution in [0.5, 0.6) is 0 Å². The van der Waals surface area contributed by atoms with Gasteiger partial charge in [-0.3, -0.25) is 9.78 Å². The summed E-state index contributed by atoms with van der Waals surface area (Å²) in [6.07, 6.45) is 2.39. The van der Waals surface area contributed by atoms with Crippen LogP contribution < -0.4 is 5.32 Å². The Morgan fingerprint density at radius 1 is 1.67 bits per heavy atom. The molecule has 3 nitrogen and oxygen atoms in total. The van der Waals surface area contributed by atoms with Crippen LogP contribution in [0.4, 0.5) is 4.39 Å². The van der Waals surface area contributed by atoms with Crippen LogP contribution in [0.2, 0.25) is 0 Å². The van der Waals surface area contributed by atoms with Crippen molar-refractivity contribution in [1.29, 1.82) is 0 Å². The van der Waals surface area contributed by atoms with Gasteiger partial charge in [0.25, 0.3) is 5.91 Å². The van der Waals surface area contributed by atoms with E-state index in [4.69, 9.17) is 0 Å². The molecular formula is C8H9FN2O. The lowest BCUT2D eigenvalue weighted by atomic mass is 10.2. The van der Waals surface area contributed by atoms with E-state index in [-0.39, 0.29) is 11.5 Å². The van der Waals surface area contributed by atoms with E-state index in [1.54, 1.807) is 6.92 Å². The van der Waals surface area contributed by atoms with Crippen molar-refractivity contribution in [2.24, 2.45) is 0 Å². The number of nitrogens with one attached hydrogen (secondary N) is 1. The van der Waals surface area contributed by atoms with Gasteiger partial charge >= 0.3 is 0 Å². The third-order valence-electron chi connectivity index (χ3n) is 1.30. The van der Waals surface area contributed by atoms with Crippen LogP contribution in [0.3, 0.4) is 0 Å². The lowest BCUT2D eigenvalue weighted by molar-refractivity contribution is 0.0955. The summed E-state index contributed by atoms with van der Waals surface area (Å²) < 4.78 is 12.5. The molecule has 0 unspecified atom stereocenters. The van der Waals surface area contributed by atoms with Gasteiger partial charge in [0.1, 0.15) is 5.82 Å². The van der Waals surface area contributed by atoms with E-state index in [1.807, 2.05) is 0 Å². The molecule has 1 heterocycles. The highest BCUT2D eigenvalue weighted by atomic mass is 19.1. The summed E-state index contributed by atoms with van der Waals surface area (Å²) in [6.45, 7) is 2.32. The number of carbonyl (C=O) groups excluding carboxylic acids is 1. The Balaban J connectivity index is 2.81. The number of pyridine rings is 1. The average Bonchev–Trinajstić information content (AvgIpc) is 2.05. The molecule has 4 heteroatoms. The zero-order valence-electron chi connectivity index (χ0n) is 6.67. The number of hydrogen-bond acceptors (Lipinski definition) is 2. The number of carbonyl (C=O) groups is 1. The van der Waals surface area contributed by atoms with Crippen molar-refractivity contribution in [3.63, 3.8) is 0 Å². The lowest BCUT2D eigenvalue weighted by Crippen LogP contribution is -2.22. The second-order valence-corrected chi connectivity index (χ2v) is 2.25. The van der Waals surface area contributed by atoms with Crippen molar-refractivity contribution in [2.45, 2.75) is 6.92 Å². The van der Waals surface area contributed by atoms with Crippen LogP contribution in [-0.4, -0.2) is 17.4 Å². The van der Waals surface area contributed by atoms with E-state index in [0.717, 1.165) is 12.3 Å². The highest BCUT2D eigenvalue weighted by Gasteiger charge is 2.04. The molecular weight excluding hydrogens is 159 g/mol. The molecule has 0 aliphatic carbocycles. The normalized spacial score (nSPS) is 9.50. The highest BCUT2D eigenvalue weighted by Crippen LogP contribution is 1.99. The van der Waals surface area contributed by atoms with Gasteiger partial charge in [-0.25, -0.2) is 4.39 Å². The largest absolute Gasteiger partial charge is 0.352 e. The first-order chi connectivity index (χ1) is 5.74. The van der Waals surface area contributed by atoms with Crippen molar-refractivity contribution in [2.75, 3.05) is 6.54 Å². The summed E-state index contributed by atoms with van der Waals surface area (Å²) in [5, 5.41) is 2.54. The Hall–Kier alpha value is -1.45. The van der Waals surface area contributed by atoms with E-state index in [9.17, 15) is 9.18 Å². The molecule has 0 bridgehead atoms. The summed E-state index contributed by atoms with van der Waals surface area (Å²) in [5.74, 6) is -0.803. The molecule has 1 N–H and O–H groups in total. The van der Waals surface area contributed by atoms with Crippen molar-refractivity contribution in [3.05, 3.63) is 29.8 Å². The Morgan fingerprint density at radius 2 is 2.42 bits per heavy atom. The maximum atomic E-state index is 12.5. The first-order valence-corrected chi connectivity index (χ1v) is 3.62. The van der Waals surface area contributed by atoms with Gasteiger partial charge in [-0.05, 0) is 13.0 Å². The molecule has 0 atom stereocenters. The van der Waals surface area contributed by atoms with Crippen LogP contribution >= 0.6 is 0 Å². The fourth-order valence-corrected chi connectivity index (χ4v) is 0.799. The summed E-state index contributed by atoms with van der Waals surface area (Å²) in [5.41, 5.74) is 0.247. The van der Waals surface area contributed by atoms with E-state index in [1.165, 1.54) is 6.20 Å². The molecule has 0 radical (unpaired) electrons. The molecule has 0 aromatic carbocycles. The molecule has 0 aliphatic heterocycles. The van der Waals surface area contributed by atoms with Crippen molar-refractivity contribution in [3.8, 4) is 0 Å². The number of amides is 1. The van der Waals surface area contributed by atoms with Gasteiger partial charge in [0, 0.05) is 12.7 Å². The predicted molar refractivity (Wildman–Crippen MR) is 42.2 cm³/mol. The fourth-order valence-electron chi connectivity index (χ4n) is 0.799. The number of hydrogen-bond donors (Lipinski definition) is 1. The summed E-state index contributed by atoms with van der Waals surface area (Å²) in [6, 6.07) is 1.15. The monoisotopic (exact) mass is 168 g/mol. The van der Waals surface area contributed by atoms with Gasteiger partial charge in [0.05, 0.1) is 11.8 Å². The van der Waals surface area contributed by atoms with Crippen LogP contribution in [0, 0.1) is 5.82 Å². The van der Waals surface area contributed by atoms with E-state index in [2.05, 4.69) is 10.3 Å². The number of rotatable bonds is 2. The van der Waals surface area contributed by atoms with Gasteiger partial charge in [-0.1, -0.05) is 0 Å². The van der Waals surface area contributed by atoms with E-state index in [0.29, 0.717) is 6.54 Å². The van der Waals surface area contributed by atoms with Crippen molar-refractivity contribution < 1.29 is 9.18 Å². The van der Waals surface area contributed by atoms with Crippen molar-refractivity contribution in [1.82, 2.24) is 10.3 Å². The Kier molecular flexibility index (Phi) is 2.74. The Labute approximate surface area is 69.6 Å². The molecule has 0 spiro atoms. The smallest absolute Gasteiger partial charge is 0.252 e. The topological polar surface area (TPSA) is 42.0 Å². The van der Waals surface area contributed by atoms with Crippen LogP contribution in [-0.2, 0) is 0 Å². The zero-order chi connectivity index (χ0) is 8.97.